The Morgan fingerprint density at radius 2 is 1.80 bits per heavy atom. The van der Waals surface area contributed by atoms with Gasteiger partial charge in [0.2, 0.25) is 5.41 Å². The van der Waals surface area contributed by atoms with E-state index in [9.17, 15) is 14.7 Å². The van der Waals surface area contributed by atoms with E-state index >= 15 is 0 Å². The number of hydrogen-bond donors (Lipinski definition) is 1. The normalized spacial score (nSPS) is 14.4. The van der Waals surface area contributed by atoms with Crippen molar-refractivity contribution < 1.29 is 24.2 Å². The van der Waals surface area contributed by atoms with Crippen LogP contribution in [0.3, 0.4) is 0 Å². The molecule has 0 aliphatic heterocycles. The van der Waals surface area contributed by atoms with E-state index in [2.05, 4.69) is 0 Å². The number of allylic oxidation sites excluding steroid dienone is 5. The first kappa shape index (κ1) is 16.2. The molecule has 0 fully saturated rings. The molecule has 20 heavy (non-hydrogen) atoms. The zero-order chi connectivity index (χ0) is 15.0. The van der Waals surface area contributed by atoms with Crippen LogP contribution in [0.2, 0.25) is 0 Å². The molecule has 0 heterocycles. The summed E-state index contributed by atoms with van der Waals surface area (Å²) in [5.41, 5.74) is -1.46. The Morgan fingerprint density at radius 3 is 2.30 bits per heavy atom. The molecule has 110 valence electrons. The van der Waals surface area contributed by atoms with Gasteiger partial charge in [-0.2, -0.15) is 0 Å². The summed E-state index contributed by atoms with van der Waals surface area (Å²) in [6.07, 6.45) is 9.36. The lowest BCUT2D eigenvalue weighted by Gasteiger charge is -2.28. The fourth-order valence-electron chi connectivity index (χ4n) is 1.91. The van der Waals surface area contributed by atoms with Gasteiger partial charge in [-0.15, -0.1) is 0 Å². The maximum atomic E-state index is 12.2. The minimum atomic E-state index is -1.82. The second-order valence-corrected chi connectivity index (χ2v) is 4.19. The van der Waals surface area contributed by atoms with Crippen molar-refractivity contribution in [3.05, 3.63) is 36.0 Å². The topological polar surface area (TPSA) is 72.8 Å². The number of aliphatic hydroxyl groups is 1. The Labute approximate surface area is 118 Å². The van der Waals surface area contributed by atoms with Crippen LogP contribution in [0, 0.1) is 5.41 Å². The Kier molecular flexibility index (Phi) is 6.18. The maximum absolute atomic E-state index is 12.2. The standard InChI is InChI=1S/C15H20O5/c1-3-19-13(17)15(11-16,14(18)20-4-2)12-9-7-5-6-8-10-12/h5,7-10,16H,3-4,6,11H2,1-2H3. The molecule has 0 spiro atoms. The van der Waals surface area contributed by atoms with Gasteiger partial charge in [0.25, 0.3) is 0 Å². The van der Waals surface area contributed by atoms with Crippen LogP contribution in [0.4, 0.5) is 0 Å². The number of rotatable bonds is 6. The van der Waals surface area contributed by atoms with Crippen LogP contribution in [-0.2, 0) is 19.1 Å². The smallest absolute Gasteiger partial charge is 0.330 e. The summed E-state index contributed by atoms with van der Waals surface area (Å²) < 4.78 is 9.92. The summed E-state index contributed by atoms with van der Waals surface area (Å²) in [4.78, 5) is 24.5. The molecular formula is C15H20O5. The molecule has 0 aromatic heterocycles. The molecule has 0 atom stereocenters. The van der Waals surface area contributed by atoms with E-state index in [1.54, 1.807) is 38.2 Å². The van der Waals surface area contributed by atoms with Crippen LogP contribution in [0.25, 0.3) is 0 Å². The van der Waals surface area contributed by atoms with Crippen LogP contribution < -0.4 is 0 Å². The number of esters is 2. The number of carbonyl (C=O) groups excluding carboxylic acids is 2. The third-order valence-corrected chi connectivity index (χ3v) is 2.96. The van der Waals surface area contributed by atoms with E-state index in [-0.39, 0.29) is 13.2 Å². The van der Waals surface area contributed by atoms with Crippen molar-refractivity contribution in [1.82, 2.24) is 0 Å². The Morgan fingerprint density at radius 1 is 1.20 bits per heavy atom. The third-order valence-electron chi connectivity index (χ3n) is 2.96. The largest absolute Gasteiger partial charge is 0.465 e. The summed E-state index contributed by atoms with van der Waals surface area (Å²) >= 11 is 0. The molecule has 0 saturated heterocycles. The van der Waals surface area contributed by atoms with Gasteiger partial charge < -0.3 is 14.6 Å². The SMILES string of the molecule is CCOC(=O)C(CO)(C(=O)OCC)C1=CC=CCC=C1. The van der Waals surface area contributed by atoms with Gasteiger partial charge in [-0.25, -0.2) is 0 Å². The first-order chi connectivity index (χ1) is 9.63. The Bertz CT molecular complexity index is 427. The van der Waals surface area contributed by atoms with Crippen molar-refractivity contribution in [1.29, 1.82) is 0 Å². The molecule has 1 aliphatic carbocycles. The van der Waals surface area contributed by atoms with Gasteiger partial charge in [-0.05, 0) is 25.8 Å². The van der Waals surface area contributed by atoms with Gasteiger partial charge >= 0.3 is 11.9 Å². The summed E-state index contributed by atoms with van der Waals surface area (Å²) in [5, 5.41) is 9.71. The molecule has 0 amide bonds. The Balaban J connectivity index is 3.29. The molecule has 5 heteroatoms. The summed E-state index contributed by atoms with van der Waals surface area (Å²) in [6.45, 7) is 2.82. The molecular weight excluding hydrogens is 260 g/mol. The first-order valence-corrected chi connectivity index (χ1v) is 6.62. The predicted octanol–water partition coefficient (Wildman–Crippen LogP) is 1.53. The lowest BCUT2D eigenvalue weighted by atomic mass is 9.80. The van der Waals surface area contributed by atoms with E-state index in [0.29, 0.717) is 12.0 Å². The van der Waals surface area contributed by atoms with Crippen LogP contribution in [-0.4, -0.2) is 36.9 Å². The molecule has 0 radical (unpaired) electrons. The van der Waals surface area contributed by atoms with E-state index in [1.807, 2.05) is 6.08 Å². The zero-order valence-electron chi connectivity index (χ0n) is 11.8. The van der Waals surface area contributed by atoms with E-state index < -0.39 is 24.0 Å². The minimum absolute atomic E-state index is 0.118. The van der Waals surface area contributed by atoms with Crippen LogP contribution >= 0.6 is 0 Å². The monoisotopic (exact) mass is 280 g/mol. The molecule has 5 nitrogen and oxygen atoms in total. The van der Waals surface area contributed by atoms with Crippen molar-refractivity contribution in [3.8, 4) is 0 Å². The summed E-state index contributed by atoms with van der Waals surface area (Å²) in [5.74, 6) is -1.60. The lowest BCUT2D eigenvalue weighted by Crippen LogP contribution is -2.46. The highest BCUT2D eigenvalue weighted by Gasteiger charge is 2.51. The highest BCUT2D eigenvalue weighted by atomic mass is 16.6. The first-order valence-electron chi connectivity index (χ1n) is 6.62. The van der Waals surface area contributed by atoms with Crippen LogP contribution in [0.1, 0.15) is 20.3 Å². The molecule has 1 rings (SSSR count). The second-order valence-electron chi connectivity index (χ2n) is 4.19. The van der Waals surface area contributed by atoms with Gasteiger partial charge in [-0.1, -0.05) is 30.4 Å². The number of aliphatic hydroxyl groups excluding tert-OH is 1. The number of hydrogen-bond acceptors (Lipinski definition) is 5. The lowest BCUT2D eigenvalue weighted by molar-refractivity contribution is -0.171. The molecule has 0 aromatic rings. The van der Waals surface area contributed by atoms with Crippen molar-refractivity contribution >= 4 is 11.9 Å². The fourth-order valence-corrected chi connectivity index (χ4v) is 1.91. The average molecular weight is 280 g/mol. The van der Waals surface area contributed by atoms with Gasteiger partial charge in [0.15, 0.2) is 0 Å². The van der Waals surface area contributed by atoms with Gasteiger partial charge in [-0.3, -0.25) is 9.59 Å². The van der Waals surface area contributed by atoms with Gasteiger partial charge in [0.1, 0.15) is 0 Å². The quantitative estimate of drug-likeness (QED) is 0.590. The van der Waals surface area contributed by atoms with Crippen LogP contribution in [0.15, 0.2) is 36.0 Å². The molecule has 0 unspecified atom stereocenters. The Hall–Kier alpha value is -1.88. The van der Waals surface area contributed by atoms with E-state index in [1.165, 1.54) is 0 Å². The predicted molar refractivity (Wildman–Crippen MR) is 73.8 cm³/mol. The van der Waals surface area contributed by atoms with Crippen molar-refractivity contribution in [2.24, 2.45) is 5.41 Å². The van der Waals surface area contributed by atoms with E-state index in [4.69, 9.17) is 9.47 Å². The molecule has 1 N–H and O–H groups in total. The van der Waals surface area contributed by atoms with Gasteiger partial charge in [0.05, 0.1) is 19.8 Å². The number of ether oxygens (including phenoxy) is 2. The fraction of sp³-hybridized carbons (Fsp3) is 0.467. The minimum Gasteiger partial charge on any atom is -0.465 e. The average Bonchev–Trinajstić information content (AvgIpc) is 2.70. The van der Waals surface area contributed by atoms with Gasteiger partial charge in [0, 0.05) is 0 Å². The number of carbonyl (C=O) groups is 2. The second kappa shape index (κ2) is 7.65. The van der Waals surface area contributed by atoms with Crippen molar-refractivity contribution in [2.75, 3.05) is 19.8 Å². The highest BCUT2D eigenvalue weighted by Crippen LogP contribution is 2.33. The maximum Gasteiger partial charge on any atom is 0.330 e. The highest BCUT2D eigenvalue weighted by molar-refractivity contribution is 6.04. The molecule has 1 aliphatic rings. The molecule has 0 aromatic carbocycles. The van der Waals surface area contributed by atoms with Crippen molar-refractivity contribution in [3.63, 3.8) is 0 Å². The molecule has 0 bridgehead atoms. The van der Waals surface area contributed by atoms with Crippen LogP contribution in [0.5, 0.6) is 0 Å². The van der Waals surface area contributed by atoms with E-state index in [0.717, 1.165) is 0 Å². The summed E-state index contributed by atoms with van der Waals surface area (Å²) in [6, 6.07) is 0. The van der Waals surface area contributed by atoms with Crippen molar-refractivity contribution in [2.45, 2.75) is 20.3 Å². The molecule has 0 saturated carbocycles. The third kappa shape index (κ3) is 3.17. The zero-order valence-corrected chi connectivity index (χ0v) is 11.8. The summed E-state index contributed by atoms with van der Waals surface area (Å²) in [7, 11) is 0.